The molecule has 0 bridgehead atoms. The van der Waals surface area contributed by atoms with Crippen LogP contribution in [0.3, 0.4) is 0 Å². The number of aryl methyl sites for hydroxylation is 2. The Morgan fingerprint density at radius 1 is 1.22 bits per heavy atom. The molecule has 23 heavy (non-hydrogen) atoms. The number of anilines is 1. The van der Waals surface area contributed by atoms with Gasteiger partial charge in [0.2, 0.25) is 0 Å². The minimum Gasteiger partial charge on any atom is -0.484 e. The first-order chi connectivity index (χ1) is 11.0. The van der Waals surface area contributed by atoms with E-state index in [0.717, 1.165) is 5.56 Å². The Balaban J connectivity index is 1.91. The fourth-order valence-electron chi connectivity index (χ4n) is 1.78. The molecule has 0 spiro atoms. The van der Waals surface area contributed by atoms with Gasteiger partial charge in [-0.1, -0.05) is 17.7 Å². The molecule has 0 saturated carbocycles. The Morgan fingerprint density at radius 3 is 2.57 bits per heavy atom. The summed E-state index contributed by atoms with van der Waals surface area (Å²) in [6.07, 6.45) is 0. The molecule has 7 heteroatoms. The lowest BCUT2D eigenvalue weighted by Gasteiger charge is -2.05. The number of amides is 1. The standard InChI is InChI=1S/C16H18N2O4S/c1-4-21-15(20)14-11(3)23-16(18-14)17-13(19)9-22-12-7-5-10(2)6-8-12/h5-8H,4,9H2,1-3H3,(H,17,18,19). The van der Waals surface area contributed by atoms with Crippen molar-refractivity contribution in [3.05, 3.63) is 40.4 Å². The van der Waals surface area contributed by atoms with Crippen LogP contribution in [0.4, 0.5) is 5.13 Å². The van der Waals surface area contributed by atoms with Crippen molar-refractivity contribution in [3.63, 3.8) is 0 Å². The first-order valence-electron chi connectivity index (χ1n) is 7.13. The van der Waals surface area contributed by atoms with Crippen molar-refractivity contribution in [2.45, 2.75) is 20.8 Å². The fourth-order valence-corrected chi connectivity index (χ4v) is 2.59. The summed E-state index contributed by atoms with van der Waals surface area (Å²) >= 11 is 1.22. The van der Waals surface area contributed by atoms with Crippen molar-refractivity contribution in [1.82, 2.24) is 4.98 Å². The molecule has 0 aliphatic carbocycles. The smallest absolute Gasteiger partial charge is 0.358 e. The van der Waals surface area contributed by atoms with Crippen LogP contribution in [-0.2, 0) is 9.53 Å². The van der Waals surface area contributed by atoms with Gasteiger partial charge in [-0.15, -0.1) is 11.3 Å². The van der Waals surface area contributed by atoms with E-state index < -0.39 is 5.97 Å². The van der Waals surface area contributed by atoms with E-state index in [2.05, 4.69) is 10.3 Å². The first kappa shape index (κ1) is 17.0. The summed E-state index contributed by atoms with van der Waals surface area (Å²) in [6, 6.07) is 7.41. The molecule has 122 valence electrons. The highest BCUT2D eigenvalue weighted by molar-refractivity contribution is 7.16. The van der Waals surface area contributed by atoms with Crippen LogP contribution in [0.15, 0.2) is 24.3 Å². The summed E-state index contributed by atoms with van der Waals surface area (Å²) in [5.74, 6) is -0.208. The molecule has 0 aliphatic heterocycles. The monoisotopic (exact) mass is 334 g/mol. The molecule has 1 amide bonds. The number of carbonyl (C=O) groups is 2. The molecule has 6 nitrogen and oxygen atoms in total. The van der Waals surface area contributed by atoms with Gasteiger partial charge < -0.3 is 9.47 Å². The van der Waals surface area contributed by atoms with Crippen molar-refractivity contribution in [3.8, 4) is 5.75 Å². The van der Waals surface area contributed by atoms with Gasteiger partial charge in [-0.2, -0.15) is 0 Å². The average molecular weight is 334 g/mol. The van der Waals surface area contributed by atoms with E-state index in [1.165, 1.54) is 11.3 Å². The molecular weight excluding hydrogens is 316 g/mol. The second-order valence-electron chi connectivity index (χ2n) is 4.79. The lowest BCUT2D eigenvalue weighted by atomic mass is 10.2. The lowest BCUT2D eigenvalue weighted by molar-refractivity contribution is -0.118. The highest BCUT2D eigenvalue weighted by atomic mass is 32.1. The zero-order valence-corrected chi connectivity index (χ0v) is 14.0. The summed E-state index contributed by atoms with van der Waals surface area (Å²) in [4.78, 5) is 28.4. The molecule has 0 atom stereocenters. The predicted octanol–water partition coefficient (Wildman–Crippen LogP) is 2.95. The maximum Gasteiger partial charge on any atom is 0.358 e. The number of esters is 1. The fraction of sp³-hybridized carbons (Fsp3) is 0.312. The molecular formula is C16H18N2O4S. The number of hydrogen-bond donors (Lipinski definition) is 1. The van der Waals surface area contributed by atoms with Crippen LogP contribution >= 0.6 is 11.3 Å². The number of ether oxygens (including phenoxy) is 2. The lowest BCUT2D eigenvalue weighted by Crippen LogP contribution is -2.20. The third-order valence-corrected chi connectivity index (χ3v) is 3.79. The van der Waals surface area contributed by atoms with Gasteiger partial charge >= 0.3 is 5.97 Å². The Labute approximate surface area is 138 Å². The van der Waals surface area contributed by atoms with Gasteiger partial charge in [0.15, 0.2) is 17.4 Å². The maximum atomic E-state index is 11.9. The highest BCUT2D eigenvalue weighted by Crippen LogP contribution is 2.22. The number of nitrogens with one attached hydrogen (secondary N) is 1. The van der Waals surface area contributed by atoms with E-state index in [1.54, 1.807) is 26.0 Å². The van der Waals surface area contributed by atoms with Crippen LogP contribution in [0.1, 0.15) is 27.9 Å². The molecule has 1 N–H and O–H groups in total. The Morgan fingerprint density at radius 2 is 1.91 bits per heavy atom. The second kappa shape index (κ2) is 7.73. The van der Waals surface area contributed by atoms with Gasteiger partial charge in [0.05, 0.1) is 6.61 Å². The minimum absolute atomic E-state index is 0.129. The molecule has 1 aromatic carbocycles. The van der Waals surface area contributed by atoms with Crippen molar-refractivity contribution < 1.29 is 19.1 Å². The molecule has 0 fully saturated rings. The SMILES string of the molecule is CCOC(=O)c1nc(NC(=O)COc2ccc(C)cc2)sc1C. The Bertz CT molecular complexity index is 695. The molecule has 1 heterocycles. The van der Waals surface area contributed by atoms with Crippen LogP contribution in [0.25, 0.3) is 0 Å². The van der Waals surface area contributed by atoms with Gasteiger partial charge in [-0.05, 0) is 32.9 Å². The van der Waals surface area contributed by atoms with Crippen molar-refractivity contribution in [2.75, 3.05) is 18.5 Å². The van der Waals surface area contributed by atoms with Gasteiger partial charge in [0.25, 0.3) is 5.91 Å². The van der Waals surface area contributed by atoms with E-state index >= 15 is 0 Å². The van der Waals surface area contributed by atoms with Crippen molar-refractivity contribution >= 4 is 28.3 Å². The number of carbonyl (C=O) groups excluding carboxylic acids is 2. The molecule has 2 aromatic rings. The van der Waals surface area contributed by atoms with Gasteiger partial charge in [0, 0.05) is 4.88 Å². The Kier molecular flexibility index (Phi) is 5.70. The number of nitrogens with zero attached hydrogens (tertiary/aromatic N) is 1. The van der Waals surface area contributed by atoms with Gasteiger partial charge in [0.1, 0.15) is 5.75 Å². The van der Waals surface area contributed by atoms with E-state index in [4.69, 9.17) is 9.47 Å². The third-order valence-electron chi connectivity index (χ3n) is 2.90. The minimum atomic E-state index is -0.488. The van der Waals surface area contributed by atoms with Gasteiger partial charge in [-0.3, -0.25) is 10.1 Å². The Hall–Kier alpha value is -2.41. The van der Waals surface area contributed by atoms with Crippen molar-refractivity contribution in [1.29, 1.82) is 0 Å². The molecule has 0 aliphatic rings. The summed E-state index contributed by atoms with van der Waals surface area (Å²) < 4.78 is 10.3. The third kappa shape index (κ3) is 4.79. The zero-order chi connectivity index (χ0) is 16.8. The number of benzene rings is 1. The maximum absolute atomic E-state index is 11.9. The van der Waals surface area contributed by atoms with Crippen molar-refractivity contribution in [2.24, 2.45) is 0 Å². The van der Waals surface area contributed by atoms with E-state index in [9.17, 15) is 9.59 Å². The molecule has 2 rings (SSSR count). The summed E-state index contributed by atoms with van der Waals surface area (Å²) in [5.41, 5.74) is 1.35. The average Bonchev–Trinajstić information content (AvgIpc) is 2.87. The summed E-state index contributed by atoms with van der Waals surface area (Å²) in [5, 5.41) is 2.97. The van der Waals surface area contributed by atoms with E-state index in [0.29, 0.717) is 15.8 Å². The molecule has 0 radical (unpaired) electrons. The number of rotatable bonds is 6. The molecule has 1 aromatic heterocycles. The van der Waals surface area contributed by atoms with E-state index in [-0.39, 0.29) is 24.8 Å². The van der Waals surface area contributed by atoms with Crippen LogP contribution in [0.2, 0.25) is 0 Å². The first-order valence-corrected chi connectivity index (χ1v) is 7.95. The topological polar surface area (TPSA) is 77.5 Å². The molecule has 0 saturated heterocycles. The van der Waals surface area contributed by atoms with Crippen LogP contribution < -0.4 is 10.1 Å². The summed E-state index contributed by atoms with van der Waals surface area (Å²) in [6.45, 7) is 5.60. The zero-order valence-electron chi connectivity index (χ0n) is 13.2. The highest BCUT2D eigenvalue weighted by Gasteiger charge is 2.17. The number of thiazole rings is 1. The largest absolute Gasteiger partial charge is 0.484 e. The van der Waals surface area contributed by atoms with Crippen LogP contribution in [0, 0.1) is 13.8 Å². The van der Waals surface area contributed by atoms with Crippen LogP contribution in [0.5, 0.6) is 5.75 Å². The van der Waals surface area contributed by atoms with Crippen LogP contribution in [-0.4, -0.2) is 30.1 Å². The summed E-state index contributed by atoms with van der Waals surface area (Å²) in [7, 11) is 0. The predicted molar refractivity (Wildman–Crippen MR) is 88.1 cm³/mol. The van der Waals surface area contributed by atoms with E-state index in [1.807, 2.05) is 19.1 Å². The second-order valence-corrected chi connectivity index (χ2v) is 6.00. The normalized spacial score (nSPS) is 10.2. The number of aromatic nitrogens is 1. The number of hydrogen-bond acceptors (Lipinski definition) is 6. The quantitative estimate of drug-likeness (QED) is 0.822. The van der Waals surface area contributed by atoms with Gasteiger partial charge in [-0.25, -0.2) is 9.78 Å². The molecule has 0 unspecified atom stereocenters.